The molecule has 0 heterocycles. The number of nitrogens with zero attached hydrogens (tertiary/aromatic N) is 1. The van der Waals surface area contributed by atoms with Gasteiger partial charge in [0.15, 0.2) is 0 Å². The molecule has 2 atom stereocenters. The maximum atomic E-state index is 13.5. The van der Waals surface area contributed by atoms with E-state index in [9.17, 15) is 9.18 Å². The van der Waals surface area contributed by atoms with Crippen LogP contribution in [0.2, 0.25) is 0 Å². The molecule has 0 bridgehead atoms. The van der Waals surface area contributed by atoms with Crippen LogP contribution in [-0.2, 0) is 11.3 Å². The van der Waals surface area contributed by atoms with Gasteiger partial charge in [-0.3, -0.25) is 4.79 Å². The SMILES string of the molecule is CN(C)c1ccc(F)cc1CNc1ccc([C@@H]2C[C@H]2C(=O)O)cc1. The highest BCUT2D eigenvalue weighted by atomic mass is 19.1. The van der Waals surface area contributed by atoms with Crippen LogP contribution in [0.1, 0.15) is 23.5 Å². The lowest BCUT2D eigenvalue weighted by Gasteiger charge is -2.18. The molecule has 1 aliphatic carbocycles. The number of aliphatic carboxylic acids is 1. The van der Waals surface area contributed by atoms with Crippen LogP contribution in [0, 0.1) is 11.7 Å². The van der Waals surface area contributed by atoms with Gasteiger partial charge >= 0.3 is 5.97 Å². The van der Waals surface area contributed by atoms with E-state index >= 15 is 0 Å². The average molecular weight is 328 g/mol. The lowest BCUT2D eigenvalue weighted by atomic mass is 10.1. The number of nitrogens with one attached hydrogen (secondary N) is 1. The predicted octanol–water partition coefficient (Wildman–Crippen LogP) is 3.69. The molecule has 0 amide bonds. The van der Waals surface area contributed by atoms with Gasteiger partial charge in [0.25, 0.3) is 0 Å². The highest BCUT2D eigenvalue weighted by Gasteiger charge is 2.43. The monoisotopic (exact) mass is 328 g/mol. The molecule has 3 rings (SSSR count). The van der Waals surface area contributed by atoms with E-state index in [1.54, 1.807) is 12.1 Å². The van der Waals surface area contributed by atoms with Gasteiger partial charge in [0.2, 0.25) is 0 Å². The minimum absolute atomic E-state index is 0.139. The number of halogens is 1. The molecule has 24 heavy (non-hydrogen) atoms. The molecule has 2 N–H and O–H groups in total. The third kappa shape index (κ3) is 3.50. The molecule has 2 aromatic rings. The molecule has 4 nitrogen and oxygen atoms in total. The Hall–Kier alpha value is -2.56. The van der Waals surface area contributed by atoms with Crippen molar-refractivity contribution in [3.05, 3.63) is 59.4 Å². The number of carbonyl (C=O) groups is 1. The third-order valence-corrected chi connectivity index (χ3v) is 4.45. The van der Waals surface area contributed by atoms with E-state index < -0.39 is 5.97 Å². The van der Waals surface area contributed by atoms with E-state index in [0.29, 0.717) is 6.54 Å². The lowest BCUT2D eigenvalue weighted by molar-refractivity contribution is -0.138. The zero-order valence-electron chi connectivity index (χ0n) is 13.8. The number of carboxylic acids is 1. The van der Waals surface area contributed by atoms with E-state index in [2.05, 4.69) is 5.32 Å². The van der Waals surface area contributed by atoms with E-state index in [-0.39, 0.29) is 17.7 Å². The molecule has 1 fully saturated rings. The summed E-state index contributed by atoms with van der Waals surface area (Å²) in [5.41, 5.74) is 3.85. The first-order valence-electron chi connectivity index (χ1n) is 7.98. The Bertz CT molecular complexity index is 744. The van der Waals surface area contributed by atoms with Crippen LogP contribution in [0.3, 0.4) is 0 Å². The molecule has 0 unspecified atom stereocenters. The van der Waals surface area contributed by atoms with Crippen LogP contribution in [-0.4, -0.2) is 25.2 Å². The molecule has 0 spiro atoms. The second-order valence-electron chi connectivity index (χ2n) is 6.43. The molecule has 1 saturated carbocycles. The van der Waals surface area contributed by atoms with Gasteiger partial charge in [-0.2, -0.15) is 0 Å². The lowest BCUT2D eigenvalue weighted by Crippen LogP contribution is -2.13. The van der Waals surface area contributed by atoms with Gasteiger partial charge < -0.3 is 15.3 Å². The van der Waals surface area contributed by atoms with Crippen LogP contribution in [0.15, 0.2) is 42.5 Å². The van der Waals surface area contributed by atoms with Crippen molar-refractivity contribution in [3.63, 3.8) is 0 Å². The molecule has 0 aliphatic heterocycles. The van der Waals surface area contributed by atoms with Crippen molar-refractivity contribution < 1.29 is 14.3 Å². The first kappa shape index (κ1) is 16.3. The number of carboxylic acid groups (broad SMARTS) is 1. The number of rotatable bonds is 6. The number of anilines is 2. The first-order chi connectivity index (χ1) is 11.5. The van der Waals surface area contributed by atoms with Crippen molar-refractivity contribution in [2.75, 3.05) is 24.3 Å². The Morgan fingerprint density at radius 3 is 2.54 bits per heavy atom. The summed E-state index contributed by atoms with van der Waals surface area (Å²) in [6.45, 7) is 0.520. The summed E-state index contributed by atoms with van der Waals surface area (Å²) >= 11 is 0. The first-order valence-corrected chi connectivity index (χ1v) is 7.98. The van der Waals surface area contributed by atoms with Crippen LogP contribution in [0.5, 0.6) is 0 Å². The number of benzene rings is 2. The molecular weight excluding hydrogens is 307 g/mol. The van der Waals surface area contributed by atoms with Crippen molar-refractivity contribution in [1.29, 1.82) is 0 Å². The van der Waals surface area contributed by atoms with E-state index in [0.717, 1.165) is 28.9 Å². The molecule has 0 saturated heterocycles. The maximum Gasteiger partial charge on any atom is 0.307 e. The predicted molar refractivity (Wildman–Crippen MR) is 93.0 cm³/mol. The fourth-order valence-electron chi connectivity index (χ4n) is 3.01. The number of hydrogen-bond donors (Lipinski definition) is 2. The Morgan fingerprint density at radius 2 is 1.96 bits per heavy atom. The third-order valence-electron chi connectivity index (χ3n) is 4.45. The van der Waals surface area contributed by atoms with Crippen LogP contribution < -0.4 is 10.2 Å². The minimum atomic E-state index is -0.718. The van der Waals surface area contributed by atoms with Gasteiger partial charge in [-0.05, 0) is 53.8 Å². The van der Waals surface area contributed by atoms with Gasteiger partial charge in [0, 0.05) is 32.0 Å². The van der Waals surface area contributed by atoms with Crippen molar-refractivity contribution in [1.82, 2.24) is 0 Å². The Morgan fingerprint density at radius 1 is 1.25 bits per heavy atom. The van der Waals surface area contributed by atoms with Crippen molar-refractivity contribution in [3.8, 4) is 0 Å². The van der Waals surface area contributed by atoms with Crippen molar-refractivity contribution >= 4 is 17.3 Å². The van der Waals surface area contributed by atoms with Crippen LogP contribution in [0.25, 0.3) is 0 Å². The summed E-state index contributed by atoms with van der Waals surface area (Å²) in [6.07, 6.45) is 0.720. The topological polar surface area (TPSA) is 52.6 Å². The summed E-state index contributed by atoms with van der Waals surface area (Å²) in [4.78, 5) is 12.9. The van der Waals surface area contributed by atoms with Crippen molar-refractivity contribution in [2.45, 2.75) is 18.9 Å². The highest BCUT2D eigenvalue weighted by molar-refractivity contribution is 5.75. The van der Waals surface area contributed by atoms with Gasteiger partial charge in [-0.1, -0.05) is 12.1 Å². The summed E-state index contributed by atoms with van der Waals surface area (Å²) in [6, 6.07) is 12.6. The molecule has 5 heteroatoms. The average Bonchev–Trinajstić information content (AvgIpc) is 3.34. The molecule has 0 aromatic heterocycles. The van der Waals surface area contributed by atoms with Crippen LogP contribution in [0.4, 0.5) is 15.8 Å². The van der Waals surface area contributed by atoms with Crippen molar-refractivity contribution in [2.24, 2.45) is 5.92 Å². The maximum absolute atomic E-state index is 13.5. The quantitative estimate of drug-likeness (QED) is 0.849. The van der Waals surface area contributed by atoms with E-state index in [1.165, 1.54) is 6.07 Å². The van der Waals surface area contributed by atoms with Crippen LogP contribution >= 0.6 is 0 Å². The number of hydrogen-bond acceptors (Lipinski definition) is 3. The molecule has 0 radical (unpaired) electrons. The molecule has 1 aliphatic rings. The second kappa shape index (κ2) is 6.51. The molecule has 2 aromatic carbocycles. The summed E-state index contributed by atoms with van der Waals surface area (Å²) < 4.78 is 13.5. The zero-order chi connectivity index (χ0) is 17.3. The highest BCUT2D eigenvalue weighted by Crippen LogP contribution is 2.47. The summed E-state index contributed by atoms with van der Waals surface area (Å²) in [5.74, 6) is -1.07. The van der Waals surface area contributed by atoms with E-state index in [4.69, 9.17) is 5.11 Å². The van der Waals surface area contributed by atoms with Gasteiger partial charge in [-0.25, -0.2) is 4.39 Å². The standard InChI is InChI=1S/C19H21FN2O2/c1-22(2)18-8-5-14(20)9-13(18)11-21-15-6-3-12(4-7-15)16-10-17(16)19(23)24/h3-9,16-17,21H,10-11H2,1-2H3,(H,23,24)/t16-,17+/m0/s1. The second-order valence-corrected chi connectivity index (χ2v) is 6.43. The van der Waals surface area contributed by atoms with Gasteiger partial charge in [0.1, 0.15) is 5.82 Å². The molecule has 126 valence electrons. The van der Waals surface area contributed by atoms with E-state index in [1.807, 2.05) is 43.3 Å². The Balaban J connectivity index is 1.65. The molecular formula is C19H21FN2O2. The Labute approximate surface area is 140 Å². The minimum Gasteiger partial charge on any atom is -0.481 e. The summed E-state index contributed by atoms with van der Waals surface area (Å²) in [7, 11) is 3.86. The smallest absolute Gasteiger partial charge is 0.307 e. The fourth-order valence-corrected chi connectivity index (χ4v) is 3.01. The summed E-state index contributed by atoms with van der Waals surface area (Å²) in [5, 5.41) is 12.3. The largest absolute Gasteiger partial charge is 0.481 e. The normalized spacial score (nSPS) is 19.0. The Kier molecular flexibility index (Phi) is 4.42. The van der Waals surface area contributed by atoms with Gasteiger partial charge in [0.05, 0.1) is 5.92 Å². The zero-order valence-corrected chi connectivity index (χ0v) is 13.8. The fraction of sp³-hybridized carbons (Fsp3) is 0.316. The van der Waals surface area contributed by atoms with Gasteiger partial charge in [-0.15, -0.1) is 0 Å².